The number of aliphatic hydroxyl groups excluding tert-OH is 1. The average molecular weight is 379 g/mol. The highest BCUT2D eigenvalue weighted by molar-refractivity contribution is 5.86. The maximum absolute atomic E-state index is 9.71. The SMILES string of the molecule is CCc1cccc2c(CCNC(=NC)NCC(CO)c3ccccc3)c[nH]c12. The van der Waals surface area contributed by atoms with Crippen molar-refractivity contribution in [2.45, 2.75) is 25.7 Å². The quantitative estimate of drug-likeness (QED) is 0.359. The van der Waals surface area contributed by atoms with Gasteiger partial charge in [0.2, 0.25) is 0 Å². The summed E-state index contributed by atoms with van der Waals surface area (Å²) in [5.41, 5.74) is 5.03. The van der Waals surface area contributed by atoms with Gasteiger partial charge in [0, 0.05) is 43.2 Å². The van der Waals surface area contributed by atoms with Gasteiger partial charge in [0.1, 0.15) is 0 Å². The molecule has 1 unspecified atom stereocenters. The van der Waals surface area contributed by atoms with E-state index in [9.17, 15) is 5.11 Å². The number of guanidine groups is 1. The summed E-state index contributed by atoms with van der Waals surface area (Å²) in [5, 5.41) is 17.7. The highest BCUT2D eigenvalue weighted by Crippen LogP contribution is 2.22. The number of aliphatic hydroxyl groups is 1. The van der Waals surface area contributed by atoms with Crippen molar-refractivity contribution in [3.05, 3.63) is 71.4 Å². The molecule has 5 nitrogen and oxygen atoms in total. The Kier molecular flexibility index (Phi) is 7.09. The minimum absolute atomic E-state index is 0.0424. The normalized spacial score (nSPS) is 12.9. The van der Waals surface area contributed by atoms with E-state index in [2.05, 4.69) is 51.9 Å². The Labute approximate surface area is 166 Å². The van der Waals surface area contributed by atoms with Gasteiger partial charge in [0.25, 0.3) is 0 Å². The van der Waals surface area contributed by atoms with Gasteiger partial charge in [-0.05, 0) is 29.5 Å². The molecule has 0 radical (unpaired) electrons. The van der Waals surface area contributed by atoms with E-state index in [4.69, 9.17) is 0 Å². The molecule has 0 aliphatic carbocycles. The minimum atomic E-state index is 0.0424. The highest BCUT2D eigenvalue weighted by Gasteiger charge is 2.11. The van der Waals surface area contributed by atoms with Gasteiger partial charge < -0.3 is 20.7 Å². The van der Waals surface area contributed by atoms with E-state index in [0.717, 1.165) is 30.9 Å². The lowest BCUT2D eigenvalue weighted by Gasteiger charge is -2.18. The van der Waals surface area contributed by atoms with Crippen molar-refractivity contribution in [1.29, 1.82) is 0 Å². The molecule has 4 N–H and O–H groups in total. The van der Waals surface area contributed by atoms with Crippen LogP contribution in [-0.2, 0) is 12.8 Å². The van der Waals surface area contributed by atoms with Gasteiger partial charge in [-0.15, -0.1) is 0 Å². The summed E-state index contributed by atoms with van der Waals surface area (Å²) < 4.78 is 0. The van der Waals surface area contributed by atoms with E-state index >= 15 is 0 Å². The summed E-state index contributed by atoms with van der Waals surface area (Å²) in [6.07, 6.45) is 4.05. The predicted molar refractivity (Wildman–Crippen MR) is 117 cm³/mol. The predicted octanol–water partition coefficient (Wildman–Crippen LogP) is 3.21. The number of nitrogens with zero attached hydrogens (tertiary/aromatic N) is 1. The fourth-order valence-electron chi connectivity index (χ4n) is 3.55. The first kappa shape index (κ1) is 20.0. The van der Waals surface area contributed by atoms with Crippen molar-refractivity contribution in [2.24, 2.45) is 4.99 Å². The minimum Gasteiger partial charge on any atom is -0.396 e. The number of aromatic nitrogens is 1. The number of nitrogens with one attached hydrogen (secondary N) is 3. The number of rotatable bonds is 8. The molecule has 3 rings (SSSR count). The molecule has 2 aromatic carbocycles. The molecular formula is C23H30N4O. The maximum atomic E-state index is 9.71. The monoisotopic (exact) mass is 378 g/mol. The summed E-state index contributed by atoms with van der Waals surface area (Å²) in [6, 6.07) is 16.5. The van der Waals surface area contributed by atoms with E-state index in [1.165, 1.54) is 22.0 Å². The van der Waals surface area contributed by atoms with Gasteiger partial charge in [0.15, 0.2) is 5.96 Å². The number of H-pyrrole nitrogens is 1. The van der Waals surface area contributed by atoms with Crippen LogP contribution in [-0.4, -0.2) is 42.8 Å². The number of para-hydroxylation sites is 1. The van der Waals surface area contributed by atoms with Crippen LogP contribution >= 0.6 is 0 Å². The summed E-state index contributed by atoms with van der Waals surface area (Å²) in [4.78, 5) is 7.73. The standard InChI is InChI=1S/C23H30N4O/c1-3-17-10-7-11-21-19(14-26-22(17)21)12-13-25-23(24-2)27-15-20(16-28)18-8-5-4-6-9-18/h4-11,14,20,26,28H,3,12-13,15-16H2,1-2H3,(H2,24,25,27). The molecule has 0 aliphatic heterocycles. The number of aromatic amines is 1. The smallest absolute Gasteiger partial charge is 0.191 e. The van der Waals surface area contributed by atoms with Crippen LogP contribution < -0.4 is 10.6 Å². The number of hydrogen-bond donors (Lipinski definition) is 4. The molecule has 0 bridgehead atoms. The zero-order valence-corrected chi connectivity index (χ0v) is 16.7. The third kappa shape index (κ3) is 4.73. The maximum Gasteiger partial charge on any atom is 0.191 e. The fourth-order valence-corrected chi connectivity index (χ4v) is 3.55. The van der Waals surface area contributed by atoms with Crippen LogP contribution in [0.4, 0.5) is 0 Å². The second-order valence-electron chi connectivity index (χ2n) is 6.93. The Morgan fingerprint density at radius 1 is 1.07 bits per heavy atom. The topological polar surface area (TPSA) is 72.4 Å². The van der Waals surface area contributed by atoms with Crippen LogP contribution in [0.2, 0.25) is 0 Å². The van der Waals surface area contributed by atoms with Gasteiger partial charge >= 0.3 is 0 Å². The summed E-state index contributed by atoms with van der Waals surface area (Å²) in [5.74, 6) is 0.796. The molecule has 0 amide bonds. The van der Waals surface area contributed by atoms with E-state index < -0.39 is 0 Å². The van der Waals surface area contributed by atoms with E-state index in [0.29, 0.717) is 6.54 Å². The molecule has 1 aromatic heterocycles. The fraction of sp³-hybridized carbons (Fsp3) is 0.348. The van der Waals surface area contributed by atoms with Gasteiger partial charge in [-0.2, -0.15) is 0 Å². The Morgan fingerprint density at radius 2 is 1.89 bits per heavy atom. The zero-order valence-electron chi connectivity index (χ0n) is 16.7. The number of fused-ring (bicyclic) bond motifs is 1. The van der Waals surface area contributed by atoms with E-state index in [1.807, 2.05) is 30.3 Å². The van der Waals surface area contributed by atoms with Gasteiger partial charge in [-0.3, -0.25) is 4.99 Å². The lowest BCUT2D eigenvalue weighted by Crippen LogP contribution is -2.40. The van der Waals surface area contributed by atoms with Crippen molar-refractivity contribution in [3.8, 4) is 0 Å². The second-order valence-corrected chi connectivity index (χ2v) is 6.93. The van der Waals surface area contributed by atoms with Gasteiger partial charge in [-0.25, -0.2) is 0 Å². The molecule has 28 heavy (non-hydrogen) atoms. The number of aryl methyl sites for hydroxylation is 1. The molecule has 148 valence electrons. The Morgan fingerprint density at radius 3 is 2.61 bits per heavy atom. The first-order valence-electron chi connectivity index (χ1n) is 9.95. The Balaban J connectivity index is 1.53. The average Bonchev–Trinajstić information content (AvgIpc) is 3.16. The molecule has 0 saturated carbocycles. The second kappa shape index (κ2) is 9.95. The summed E-state index contributed by atoms with van der Waals surface area (Å²) in [7, 11) is 1.77. The third-order valence-corrected chi connectivity index (χ3v) is 5.19. The van der Waals surface area contributed by atoms with Crippen LogP contribution in [0.3, 0.4) is 0 Å². The lowest BCUT2D eigenvalue weighted by molar-refractivity contribution is 0.265. The molecule has 1 atom stereocenters. The number of aliphatic imine (C=N–C) groups is 1. The molecule has 0 fully saturated rings. The molecule has 0 aliphatic rings. The first-order chi connectivity index (χ1) is 13.8. The van der Waals surface area contributed by atoms with Crippen LogP contribution in [0.1, 0.15) is 29.5 Å². The number of hydrogen-bond acceptors (Lipinski definition) is 2. The van der Waals surface area contributed by atoms with E-state index in [-0.39, 0.29) is 12.5 Å². The first-order valence-corrected chi connectivity index (χ1v) is 9.95. The van der Waals surface area contributed by atoms with E-state index in [1.54, 1.807) is 7.05 Å². The highest BCUT2D eigenvalue weighted by atomic mass is 16.3. The Hall–Kier alpha value is -2.79. The molecule has 0 saturated heterocycles. The molecule has 0 spiro atoms. The van der Waals surface area contributed by atoms with Crippen LogP contribution in [0.15, 0.2) is 59.7 Å². The Bertz CT molecular complexity index is 901. The zero-order chi connectivity index (χ0) is 19.8. The van der Waals surface area contributed by atoms with Crippen molar-refractivity contribution < 1.29 is 5.11 Å². The molecular weight excluding hydrogens is 348 g/mol. The largest absolute Gasteiger partial charge is 0.396 e. The summed E-state index contributed by atoms with van der Waals surface area (Å²) >= 11 is 0. The van der Waals surface area contributed by atoms with Crippen LogP contribution in [0, 0.1) is 0 Å². The van der Waals surface area contributed by atoms with Crippen molar-refractivity contribution in [1.82, 2.24) is 15.6 Å². The third-order valence-electron chi connectivity index (χ3n) is 5.19. The molecule has 1 heterocycles. The van der Waals surface area contributed by atoms with Crippen LogP contribution in [0.5, 0.6) is 0 Å². The summed E-state index contributed by atoms with van der Waals surface area (Å²) in [6.45, 7) is 3.70. The lowest BCUT2D eigenvalue weighted by atomic mass is 10.0. The van der Waals surface area contributed by atoms with Crippen molar-refractivity contribution in [3.63, 3.8) is 0 Å². The van der Waals surface area contributed by atoms with Crippen molar-refractivity contribution in [2.75, 3.05) is 26.7 Å². The number of benzene rings is 2. The van der Waals surface area contributed by atoms with Crippen molar-refractivity contribution >= 4 is 16.9 Å². The molecule has 5 heteroatoms. The van der Waals surface area contributed by atoms with Gasteiger partial charge in [-0.1, -0.05) is 55.5 Å². The van der Waals surface area contributed by atoms with Crippen LogP contribution in [0.25, 0.3) is 10.9 Å². The molecule has 3 aromatic rings. The van der Waals surface area contributed by atoms with Gasteiger partial charge in [0.05, 0.1) is 6.61 Å².